The number of halogens is 1. The number of nitrogens with zero attached hydrogens (tertiary/aromatic N) is 3. The lowest BCUT2D eigenvalue weighted by Crippen LogP contribution is -2.43. The molecular formula is C27H28ClN3O4S. The number of ether oxygens (including phenoxy) is 2. The van der Waals surface area contributed by atoms with E-state index in [1.807, 2.05) is 45.0 Å². The summed E-state index contributed by atoms with van der Waals surface area (Å²) in [6.07, 6.45) is 1.75. The fourth-order valence-electron chi connectivity index (χ4n) is 4.42. The maximum Gasteiger partial charge on any atom is 0.271 e. The van der Waals surface area contributed by atoms with Gasteiger partial charge >= 0.3 is 0 Å². The van der Waals surface area contributed by atoms with Crippen LogP contribution < -0.4 is 24.4 Å². The van der Waals surface area contributed by atoms with Crippen LogP contribution in [0.1, 0.15) is 37.9 Å². The number of rotatable bonds is 7. The molecule has 1 aromatic heterocycles. The summed E-state index contributed by atoms with van der Waals surface area (Å²) in [6.45, 7) is 6.77. The molecule has 0 N–H and O–H groups in total. The standard InChI is InChI=1S/C27H28ClN3O4S/c1-6-30(7-2)26(33)23-16(3)29-27-31(24(23)19-10-8-9-11-21(19)35-5)25(32)22(36-27)15-17-14-18(28)12-13-20(17)34-4/h8-15,24H,6-7H2,1-5H3/b22-15+/t24-/m1/s1. The van der Waals surface area contributed by atoms with E-state index >= 15 is 0 Å². The van der Waals surface area contributed by atoms with Gasteiger partial charge in [0, 0.05) is 29.2 Å². The molecule has 1 atom stereocenters. The van der Waals surface area contributed by atoms with Gasteiger partial charge in [-0.1, -0.05) is 41.1 Å². The molecule has 188 valence electrons. The van der Waals surface area contributed by atoms with E-state index in [-0.39, 0.29) is 11.5 Å². The second-order valence-corrected chi connectivity index (χ2v) is 9.63. The summed E-state index contributed by atoms with van der Waals surface area (Å²) in [5.41, 5.74) is 2.18. The van der Waals surface area contributed by atoms with Crippen LogP contribution in [0.2, 0.25) is 5.02 Å². The number of hydrogen-bond donors (Lipinski definition) is 0. The Hall–Kier alpha value is -3.36. The molecule has 1 aliphatic rings. The monoisotopic (exact) mass is 525 g/mol. The Morgan fingerprint density at radius 3 is 2.50 bits per heavy atom. The van der Waals surface area contributed by atoms with Gasteiger partial charge in [0.05, 0.1) is 30.0 Å². The molecule has 0 radical (unpaired) electrons. The average molecular weight is 526 g/mol. The maximum atomic E-state index is 13.9. The van der Waals surface area contributed by atoms with Crippen LogP contribution in [0.25, 0.3) is 6.08 Å². The van der Waals surface area contributed by atoms with Crippen molar-refractivity contribution in [2.75, 3.05) is 27.3 Å². The third-order valence-corrected chi connectivity index (χ3v) is 7.43. The molecule has 0 saturated carbocycles. The van der Waals surface area contributed by atoms with Gasteiger partial charge in [0.25, 0.3) is 11.5 Å². The van der Waals surface area contributed by atoms with Crippen molar-refractivity contribution in [1.29, 1.82) is 0 Å². The predicted molar refractivity (Wildman–Crippen MR) is 143 cm³/mol. The summed E-state index contributed by atoms with van der Waals surface area (Å²) < 4.78 is 13.2. The first-order chi connectivity index (χ1) is 17.3. The second kappa shape index (κ2) is 10.7. The molecule has 0 aliphatic carbocycles. The molecule has 0 spiro atoms. The van der Waals surface area contributed by atoms with E-state index in [1.165, 1.54) is 11.3 Å². The summed E-state index contributed by atoms with van der Waals surface area (Å²) >= 11 is 7.47. The number of carbonyl (C=O) groups excluding carboxylic acids is 1. The lowest BCUT2D eigenvalue weighted by molar-refractivity contribution is -0.127. The molecule has 0 unspecified atom stereocenters. The first-order valence-corrected chi connectivity index (χ1v) is 12.8. The van der Waals surface area contributed by atoms with Gasteiger partial charge in [0.15, 0.2) is 4.80 Å². The largest absolute Gasteiger partial charge is 0.496 e. The molecule has 36 heavy (non-hydrogen) atoms. The maximum absolute atomic E-state index is 13.9. The quantitative estimate of drug-likeness (QED) is 0.470. The van der Waals surface area contributed by atoms with Crippen molar-refractivity contribution in [3.63, 3.8) is 0 Å². The normalized spacial score (nSPS) is 15.4. The minimum atomic E-state index is -0.686. The van der Waals surface area contributed by atoms with E-state index < -0.39 is 6.04 Å². The Labute approximate surface area is 218 Å². The minimum absolute atomic E-state index is 0.150. The van der Waals surface area contributed by atoms with Crippen LogP contribution in [0, 0.1) is 0 Å². The molecule has 0 bridgehead atoms. The van der Waals surface area contributed by atoms with Gasteiger partial charge in [-0.3, -0.25) is 14.2 Å². The minimum Gasteiger partial charge on any atom is -0.496 e. The summed E-state index contributed by atoms with van der Waals surface area (Å²) in [5, 5.41) is 0.532. The Balaban J connectivity index is 2.02. The molecule has 1 aliphatic heterocycles. The Morgan fingerprint density at radius 1 is 1.14 bits per heavy atom. The number of fused-ring (bicyclic) bond motifs is 1. The van der Waals surface area contributed by atoms with Crippen molar-refractivity contribution in [2.45, 2.75) is 26.8 Å². The first-order valence-electron chi connectivity index (χ1n) is 11.6. The molecule has 2 aromatic carbocycles. The highest BCUT2D eigenvalue weighted by Crippen LogP contribution is 2.36. The first kappa shape index (κ1) is 25.7. The lowest BCUT2D eigenvalue weighted by atomic mass is 9.94. The van der Waals surface area contributed by atoms with E-state index in [2.05, 4.69) is 0 Å². The number of thiazole rings is 1. The zero-order valence-electron chi connectivity index (χ0n) is 20.9. The molecule has 0 saturated heterocycles. The number of likely N-dealkylation sites (N-methyl/N-ethyl adjacent to an activating group) is 1. The number of benzene rings is 2. The highest BCUT2D eigenvalue weighted by atomic mass is 35.5. The van der Waals surface area contributed by atoms with E-state index in [9.17, 15) is 9.59 Å². The van der Waals surface area contributed by atoms with Crippen molar-refractivity contribution in [3.8, 4) is 11.5 Å². The van der Waals surface area contributed by atoms with Gasteiger partial charge in [0.2, 0.25) is 0 Å². The number of aromatic nitrogens is 1. The molecule has 2 heterocycles. The molecule has 9 heteroatoms. The second-order valence-electron chi connectivity index (χ2n) is 8.19. The number of amides is 1. The molecule has 4 rings (SSSR count). The SMILES string of the molecule is CCN(CC)C(=O)C1=C(C)N=c2s/c(=C/c3cc(Cl)ccc3OC)c(=O)n2[C@@H]1c1ccccc1OC. The molecule has 1 amide bonds. The highest BCUT2D eigenvalue weighted by Gasteiger charge is 2.35. The third kappa shape index (κ3) is 4.58. The van der Waals surface area contributed by atoms with Gasteiger partial charge in [0.1, 0.15) is 17.5 Å². The Bertz CT molecular complexity index is 1520. The van der Waals surface area contributed by atoms with Crippen LogP contribution >= 0.6 is 22.9 Å². The average Bonchev–Trinajstić information content (AvgIpc) is 3.18. The highest BCUT2D eigenvalue weighted by molar-refractivity contribution is 7.07. The zero-order chi connectivity index (χ0) is 26.0. The number of allylic oxidation sites excluding steroid dienone is 1. The van der Waals surface area contributed by atoms with Crippen LogP contribution in [-0.4, -0.2) is 42.7 Å². The van der Waals surface area contributed by atoms with E-state index in [0.717, 1.165) is 5.56 Å². The molecule has 3 aromatic rings. The van der Waals surface area contributed by atoms with Crippen LogP contribution in [-0.2, 0) is 4.79 Å². The van der Waals surface area contributed by atoms with Crippen LogP contribution in [0.5, 0.6) is 11.5 Å². The fourth-order valence-corrected chi connectivity index (χ4v) is 5.64. The third-order valence-electron chi connectivity index (χ3n) is 6.21. The van der Waals surface area contributed by atoms with E-state index in [1.54, 1.807) is 48.0 Å². The Morgan fingerprint density at radius 2 is 1.83 bits per heavy atom. The Kier molecular flexibility index (Phi) is 7.66. The summed E-state index contributed by atoms with van der Waals surface area (Å²) in [7, 11) is 3.15. The number of carbonyl (C=O) groups is 1. The van der Waals surface area contributed by atoms with Gasteiger partial charge in [-0.25, -0.2) is 4.99 Å². The van der Waals surface area contributed by atoms with Crippen LogP contribution in [0.15, 0.2) is 63.5 Å². The zero-order valence-corrected chi connectivity index (χ0v) is 22.4. The van der Waals surface area contributed by atoms with Crippen LogP contribution in [0.3, 0.4) is 0 Å². The van der Waals surface area contributed by atoms with Gasteiger partial charge in [-0.2, -0.15) is 0 Å². The number of para-hydroxylation sites is 1. The van der Waals surface area contributed by atoms with Crippen molar-refractivity contribution in [1.82, 2.24) is 9.47 Å². The summed E-state index contributed by atoms with van der Waals surface area (Å²) in [4.78, 5) is 34.6. The van der Waals surface area contributed by atoms with Gasteiger partial charge < -0.3 is 14.4 Å². The van der Waals surface area contributed by atoms with Gasteiger partial charge in [-0.05, 0) is 51.1 Å². The fraction of sp³-hybridized carbons (Fsp3) is 0.296. The smallest absolute Gasteiger partial charge is 0.271 e. The van der Waals surface area contributed by atoms with Crippen LogP contribution in [0.4, 0.5) is 0 Å². The van der Waals surface area contributed by atoms with Crippen molar-refractivity contribution < 1.29 is 14.3 Å². The lowest BCUT2D eigenvalue weighted by Gasteiger charge is -2.29. The van der Waals surface area contributed by atoms with Crippen molar-refractivity contribution >= 4 is 34.9 Å². The topological polar surface area (TPSA) is 73.1 Å². The molecule has 0 fully saturated rings. The van der Waals surface area contributed by atoms with Crippen molar-refractivity contribution in [2.24, 2.45) is 4.99 Å². The summed E-state index contributed by atoms with van der Waals surface area (Å²) in [5.74, 6) is 1.04. The van der Waals surface area contributed by atoms with Crippen molar-refractivity contribution in [3.05, 3.63) is 89.6 Å². The molecule has 7 nitrogen and oxygen atoms in total. The number of hydrogen-bond acceptors (Lipinski definition) is 6. The van der Waals surface area contributed by atoms with Gasteiger partial charge in [-0.15, -0.1) is 0 Å². The summed E-state index contributed by atoms with van der Waals surface area (Å²) in [6, 6.07) is 12.0. The van der Waals surface area contributed by atoms with E-state index in [0.29, 0.717) is 55.8 Å². The van der Waals surface area contributed by atoms with E-state index in [4.69, 9.17) is 26.1 Å². The number of methoxy groups -OCH3 is 2. The molecular weight excluding hydrogens is 498 g/mol. The predicted octanol–water partition coefficient (Wildman–Crippen LogP) is 3.77.